The fraction of sp³-hybridized carbons (Fsp3) is 0.533. The van der Waals surface area contributed by atoms with Crippen molar-refractivity contribution in [2.75, 3.05) is 6.54 Å². The van der Waals surface area contributed by atoms with E-state index in [9.17, 15) is 9.18 Å². The van der Waals surface area contributed by atoms with Crippen LogP contribution in [0.3, 0.4) is 0 Å². The van der Waals surface area contributed by atoms with E-state index in [1.807, 2.05) is 17.9 Å². The first-order valence-electron chi connectivity index (χ1n) is 6.95. The number of rotatable bonds is 5. The van der Waals surface area contributed by atoms with E-state index in [2.05, 4.69) is 12.2 Å². The second-order valence-corrected chi connectivity index (χ2v) is 5.08. The van der Waals surface area contributed by atoms with Gasteiger partial charge in [-0.15, -0.1) is 0 Å². The van der Waals surface area contributed by atoms with Crippen molar-refractivity contribution in [3.63, 3.8) is 0 Å². The van der Waals surface area contributed by atoms with Gasteiger partial charge in [0.05, 0.1) is 6.04 Å². The molecule has 0 saturated carbocycles. The number of hydrogen-bond donors (Lipinski definition) is 1. The number of benzene rings is 1. The third-order valence-corrected chi connectivity index (χ3v) is 3.54. The van der Waals surface area contributed by atoms with Gasteiger partial charge in [0.1, 0.15) is 12.0 Å². The molecule has 1 fully saturated rings. The van der Waals surface area contributed by atoms with E-state index < -0.39 is 0 Å². The average molecular weight is 264 g/mol. The van der Waals surface area contributed by atoms with Crippen molar-refractivity contribution in [1.29, 1.82) is 0 Å². The van der Waals surface area contributed by atoms with Gasteiger partial charge in [0.2, 0.25) is 5.91 Å². The largest absolute Gasteiger partial charge is 0.322 e. The summed E-state index contributed by atoms with van der Waals surface area (Å²) in [5, 5.41) is 3.23. The van der Waals surface area contributed by atoms with Crippen molar-refractivity contribution in [1.82, 2.24) is 10.2 Å². The van der Waals surface area contributed by atoms with Crippen LogP contribution in [0.1, 0.15) is 44.8 Å². The molecular formula is C15H21FN2O. The van der Waals surface area contributed by atoms with Gasteiger partial charge in [0, 0.05) is 6.54 Å². The molecule has 0 bridgehead atoms. The van der Waals surface area contributed by atoms with Crippen molar-refractivity contribution in [2.24, 2.45) is 0 Å². The lowest BCUT2D eigenvalue weighted by Gasteiger charge is -2.24. The highest BCUT2D eigenvalue weighted by molar-refractivity contribution is 5.84. The molecule has 1 aromatic carbocycles. The molecule has 0 aliphatic carbocycles. The highest BCUT2D eigenvalue weighted by atomic mass is 19.1. The molecule has 1 N–H and O–H groups in total. The number of nitrogens with zero attached hydrogens (tertiary/aromatic N) is 1. The van der Waals surface area contributed by atoms with Crippen LogP contribution in [0.15, 0.2) is 24.3 Å². The first-order chi connectivity index (χ1) is 9.13. The highest BCUT2D eigenvalue weighted by Gasteiger charge is 2.36. The normalized spacial score (nSPS) is 23.1. The Balaban J connectivity index is 2.15. The van der Waals surface area contributed by atoms with E-state index in [-0.39, 0.29) is 23.9 Å². The molecule has 2 atom stereocenters. The molecule has 1 saturated heterocycles. The third-order valence-electron chi connectivity index (χ3n) is 3.54. The summed E-state index contributed by atoms with van der Waals surface area (Å²) in [6.07, 6.45) is 3.02. The maximum absolute atomic E-state index is 13.3. The molecule has 3 nitrogen and oxygen atoms in total. The minimum absolute atomic E-state index is 0.102. The second-order valence-electron chi connectivity index (χ2n) is 5.08. The first-order valence-corrected chi connectivity index (χ1v) is 6.95. The van der Waals surface area contributed by atoms with Gasteiger partial charge in [-0.05, 0) is 31.0 Å². The minimum Gasteiger partial charge on any atom is -0.322 e. The molecule has 1 aromatic rings. The van der Waals surface area contributed by atoms with Crippen LogP contribution in [0.5, 0.6) is 0 Å². The SMILES string of the molecule is CCCCCN1C(=O)C(C)NC1c1cccc(F)c1. The molecule has 0 spiro atoms. The lowest BCUT2D eigenvalue weighted by Crippen LogP contribution is -2.31. The van der Waals surface area contributed by atoms with Crippen LogP contribution in [-0.4, -0.2) is 23.4 Å². The number of unbranched alkanes of at least 4 members (excludes halogenated alkanes) is 2. The summed E-state index contributed by atoms with van der Waals surface area (Å²) in [4.78, 5) is 14.0. The van der Waals surface area contributed by atoms with Crippen LogP contribution < -0.4 is 5.32 Å². The predicted molar refractivity (Wildman–Crippen MR) is 73.0 cm³/mol. The summed E-state index contributed by atoms with van der Waals surface area (Å²) in [5.74, 6) is -0.162. The summed E-state index contributed by atoms with van der Waals surface area (Å²) in [6, 6.07) is 6.26. The minimum atomic E-state index is -0.264. The zero-order chi connectivity index (χ0) is 13.8. The van der Waals surface area contributed by atoms with Gasteiger partial charge < -0.3 is 4.90 Å². The molecule has 2 unspecified atom stereocenters. The Morgan fingerprint density at radius 1 is 1.37 bits per heavy atom. The molecule has 1 heterocycles. The lowest BCUT2D eigenvalue weighted by atomic mass is 10.1. The Labute approximate surface area is 113 Å². The quantitative estimate of drug-likeness (QED) is 0.829. The third kappa shape index (κ3) is 3.13. The summed E-state index contributed by atoms with van der Waals surface area (Å²) in [5.41, 5.74) is 0.814. The molecule has 2 rings (SSSR count). The Morgan fingerprint density at radius 3 is 2.84 bits per heavy atom. The molecule has 1 aliphatic heterocycles. The van der Waals surface area contributed by atoms with Crippen molar-refractivity contribution in [2.45, 2.75) is 45.3 Å². The predicted octanol–water partition coefficient (Wildman–Crippen LogP) is 2.83. The second kappa shape index (κ2) is 6.15. The van der Waals surface area contributed by atoms with Gasteiger partial charge in [0.15, 0.2) is 0 Å². The monoisotopic (exact) mass is 264 g/mol. The van der Waals surface area contributed by atoms with Crippen molar-refractivity contribution in [3.05, 3.63) is 35.6 Å². The molecular weight excluding hydrogens is 243 g/mol. The smallest absolute Gasteiger partial charge is 0.241 e. The van der Waals surface area contributed by atoms with Gasteiger partial charge in [-0.3, -0.25) is 10.1 Å². The number of nitrogens with one attached hydrogen (secondary N) is 1. The van der Waals surface area contributed by atoms with Crippen LogP contribution in [0, 0.1) is 5.82 Å². The molecule has 4 heteroatoms. The Morgan fingerprint density at radius 2 is 2.16 bits per heavy atom. The van der Waals surface area contributed by atoms with Gasteiger partial charge in [0.25, 0.3) is 0 Å². The molecule has 104 valence electrons. The summed E-state index contributed by atoms with van der Waals surface area (Å²) >= 11 is 0. The van der Waals surface area contributed by atoms with Crippen molar-refractivity contribution < 1.29 is 9.18 Å². The summed E-state index contributed by atoms with van der Waals surface area (Å²) < 4.78 is 13.3. The van der Waals surface area contributed by atoms with Crippen LogP contribution in [-0.2, 0) is 4.79 Å². The van der Waals surface area contributed by atoms with Crippen LogP contribution >= 0.6 is 0 Å². The van der Waals surface area contributed by atoms with E-state index in [4.69, 9.17) is 0 Å². The summed E-state index contributed by atoms with van der Waals surface area (Å²) in [7, 11) is 0. The van der Waals surface area contributed by atoms with Crippen LogP contribution in [0.2, 0.25) is 0 Å². The fourth-order valence-electron chi connectivity index (χ4n) is 2.50. The number of amides is 1. The number of halogens is 1. The Kier molecular flexibility index (Phi) is 4.53. The molecule has 0 aromatic heterocycles. The number of carbonyl (C=O) groups is 1. The number of carbonyl (C=O) groups excluding carboxylic acids is 1. The number of hydrogen-bond acceptors (Lipinski definition) is 2. The van der Waals surface area contributed by atoms with Gasteiger partial charge in [-0.1, -0.05) is 31.9 Å². The van der Waals surface area contributed by atoms with E-state index in [0.29, 0.717) is 0 Å². The fourth-order valence-corrected chi connectivity index (χ4v) is 2.50. The van der Waals surface area contributed by atoms with Crippen LogP contribution in [0.25, 0.3) is 0 Å². The zero-order valence-electron chi connectivity index (χ0n) is 11.5. The van der Waals surface area contributed by atoms with Gasteiger partial charge >= 0.3 is 0 Å². The molecule has 1 amide bonds. The van der Waals surface area contributed by atoms with E-state index in [1.54, 1.807) is 6.07 Å². The van der Waals surface area contributed by atoms with E-state index in [0.717, 1.165) is 31.4 Å². The van der Waals surface area contributed by atoms with E-state index >= 15 is 0 Å². The standard InChI is InChI=1S/C15H21FN2O/c1-3-4-5-9-18-14(17-11(2)15(18)19)12-7-6-8-13(16)10-12/h6-8,10-11,14,17H,3-5,9H2,1-2H3. The van der Waals surface area contributed by atoms with Crippen LogP contribution in [0.4, 0.5) is 4.39 Å². The molecule has 0 radical (unpaired) electrons. The maximum atomic E-state index is 13.3. The topological polar surface area (TPSA) is 32.3 Å². The molecule has 19 heavy (non-hydrogen) atoms. The lowest BCUT2D eigenvalue weighted by molar-refractivity contribution is -0.129. The molecule has 1 aliphatic rings. The Hall–Kier alpha value is -1.42. The Bertz CT molecular complexity index is 450. The summed E-state index contributed by atoms with van der Waals surface area (Å²) in [6.45, 7) is 4.72. The highest BCUT2D eigenvalue weighted by Crippen LogP contribution is 2.26. The maximum Gasteiger partial charge on any atom is 0.241 e. The average Bonchev–Trinajstić information content (AvgIpc) is 2.67. The van der Waals surface area contributed by atoms with Gasteiger partial charge in [-0.2, -0.15) is 0 Å². The van der Waals surface area contributed by atoms with E-state index in [1.165, 1.54) is 12.1 Å². The zero-order valence-corrected chi connectivity index (χ0v) is 11.5. The van der Waals surface area contributed by atoms with Gasteiger partial charge in [-0.25, -0.2) is 4.39 Å². The first kappa shape index (κ1) is 14.0. The van der Waals surface area contributed by atoms with Crippen molar-refractivity contribution in [3.8, 4) is 0 Å². The van der Waals surface area contributed by atoms with Crippen molar-refractivity contribution >= 4 is 5.91 Å².